The Kier molecular flexibility index (Phi) is 2.68. The molecule has 3 aromatic rings. The fraction of sp³-hybridized carbons (Fsp3) is 0.167. The summed E-state index contributed by atoms with van der Waals surface area (Å²) in [5.74, 6) is 3.20. The van der Waals surface area contributed by atoms with Crippen LogP contribution in [0.25, 0.3) is 22.0 Å². The summed E-state index contributed by atoms with van der Waals surface area (Å²) in [5, 5.41) is 2.23. The molecule has 1 aliphatic carbocycles. The monoisotopic (exact) mass is 341 g/mol. The normalized spacial score (nSPS) is 15.2. The van der Waals surface area contributed by atoms with Crippen LogP contribution in [0.3, 0.4) is 0 Å². The van der Waals surface area contributed by atoms with Crippen molar-refractivity contribution in [3.63, 3.8) is 0 Å². The molecule has 120 valence electrons. The van der Waals surface area contributed by atoms with Crippen molar-refractivity contribution in [1.82, 2.24) is 4.98 Å². The zero-order valence-electron chi connectivity index (χ0n) is 12.5. The second-order valence-electron chi connectivity index (χ2n) is 5.92. The zero-order valence-corrected chi connectivity index (χ0v) is 13.3. The highest BCUT2D eigenvalue weighted by Crippen LogP contribution is 2.46. The van der Waals surface area contributed by atoms with E-state index in [2.05, 4.69) is 17.1 Å². The van der Waals surface area contributed by atoms with Crippen molar-refractivity contribution < 1.29 is 18.9 Å². The fourth-order valence-corrected chi connectivity index (χ4v) is 3.62. The van der Waals surface area contributed by atoms with Gasteiger partial charge in [-0.25, -0.2) is 0 Å². The van der Waals surface area contributed by atoms with E-state index in [0.29, 0.717) is 6.79 Å². The molecule has 2 aliphatic heterocycles. The molecule has 0 spiro atoms. The molecular weight excluding hydrogens is 330 g/mol. The smallest absolute Gasteiger partial charge is 0.231 e. The van der Waals surface area contributed by atoms with Crippen LogP contribution in [0, 0.1) is 0 Å². The number of ether oxygens (including phenoxy) is 4. The molecule has 0 N–H and O–H groups in total. The molecule has 2 aromatic carbocycles. The van der Waals surface area contributed by atoms with Gasteiger partial charge in [-0.15, -0.1) is 12.4 Å². The Hall–Kier alpha value is -2.66. The van der Waals surface area contributed by atoms with Crippen LogP contribution in [0.15, 0.2) is 30.5 Å². The van der Waals surface area contributed by atoms with Crippen LogP contribution >= 0.6 is 12.4 Å². The third-order valence-electron chi connectivity index (χ3n) is 4.71. The summed E-state index contributed by atoms with van der Waals surface area (Å²) in [5.41, 5.74) is 4.59. The molecule has 3 heterocycles. The van der Waals surface area contributed by atoms with Gasteiger partial charge in [0, 0.05) is 23.6 Å². The van der Waals surface area contributed by atoms with E-state index in [9.17, 15) is 0 Å². The van der Waals surface area contributed by atoms with Gasteiger partial charge in [-0.3, -0.25) is 4.98 Å². The maximum Gasteiger partial charge on any atom is 0.231 e. The van der Waals surface area contributed by atoms with E-state index >= 15 is 0 Å². The fourth-order valence-electron chi connectivity index (χ4n) is 3.62. The van der Waals surface area contributed by atoms with Gasteiger partial charge in [-0.05, 0) is 40.8 Å². The van der Waals surface area contributed by atoms with Crippen LogP contribution in [0.1, 0.15) is 11.1 Å². The van der Waals surface area contributed by atoms with Crippen molar-refractivity contribution in [1.29, 1.82) is 0 Å². The first-order chi connectivity index (χ1) is 11.4. The van der Waals surface area contributed by atoms with Gasteiger partial charge in [-0.1, -0.05) is 0 Å². The minimum atomic E-state index is 0. The Morgan fingerprint density at radius 1 is 0.792 bits per heavy atom. The van der Waals surface area contributed by atoms with Gasteiger partial charge in [0.2, 0.25) is 13.6 Å². The lowest BCUT2D eigenvalue weighted by atomic mass is 10.0. The lowest BCUT2D eigenvalue weighted by Crippen LogP contribution is -1.93. The Morgan fingerprint density at radius 2 is 1.46 bits per heavy atom. The van der Waals surface area contributed by atoms with Gasteiger partial charge in [0.25, 0.3) is 0 Å². The van der Waals surface area contributed by atoms with Crippen LogP contribution in [0.5, 0.6) is 23.0 Å². The van der Waals surface area contributed by atoms with Crippen molar-refractivity contribution in [3.05, 3.63) is 41.6 Å². The van der Waals surface area contributed by atoms with E-state index in [0.717, 1.165) is 51.4 Å². The van der Waals surface area contributed by atoms with E-state index < -0.39 is 0 Å². The molecule has 0 saturated heterocycles. The summed E-state index contributed by atoms with van der Waals surface area (Å²) in [6.07, 6.45) is 2.74. The highest BCUT2D eigenvalue weighted by molar-refractivity contribution is 5.95. The van der Waals surface area contributed by atoms with Gasteiger partial charge in [0.05, 0.1) is 5.69 Å². The van der Waals surface area contributed by atoms with E-state index in [1.807, 2.05) is 18.3 Å². The zero-order chi connectivity index (χ0) is 15.0. The number of hydrogen-bond acceptors (Lipinski definition) is 5. The summed E-state index contributed by atoms with van der Waals surface area (Å²) < 4.78 is 22.0. The number of hydrogen-bond donors (Lipinski definition) is 0. The Labute approximate surface area is 143 Å². The van der Waals surface area contributed by atoms with Crippen molar-refractivity contribution in [2.45, 2.75) is 6.42 Å². The Balaban J connectivity index is 0.00000131. The minimum absolute atomic E-state index is 0. The van der Waals surface area contributed by atoms with Crippen LogP contribution in [-0.4, -0.2) is 18.6 Å². The molecule has 1 aromatic heterocycles. The molecule has 6 heteroatoms. The summed E-state index contributed by atoms with van der Waals surface area (Å²) in [6, 6.07) is 8.17. The van der Waals surface area contributed by atoms with Crippen LogP contribution in [0.4, 0.5) is 0 Å². The number of rotatable bonds is 0. The number of aromatic nitrogens is 1. The summed E-state index contributed by atoms with van der Waals surface area (Å²) in [6.45, 7) is 0.572. The first kappa shape index (κ1) is 13.7. The third kappa shape index (κ3) is 1.67. The SMILES string of the molecule is Cl.c1c2c(cc3c1OCO3)-c1ncc3cc4c(cc3c1C2)OCO4. The maximum absolute atomic E-state index is 5.53. The molecule has 0 unspecified atom stereocenters. The molecule has 0 bridgehead atoms. The molecule has 0 atom stereocenters. The molecule has 0 radical (unpaired) electrons. The number of nitrogens with zero attached hydrogens (tertiary/aromatic N) is 1. The Morgan fingerprint density at radius 3 is 2.25 bits per heavy atom. The Bertz CT molecular complexity index is 1020. The van der Waals surface area contributed by atoms with Gasteiger partial charge in [0.1, 0.15) is 0 Å². The first-order valence-corrected chi connectivity index (χ1v) is 7.51. The van der Waals surface area contributed by atoms with E-state index in [1.54, 1.807) is 0 Å². The largest absolute Gasteiger partial charge is 0.454 e. The second kappa shape index (κ2) is 4.68. The third-order valence-corrected chi connectivity index (χ3v) is 4.71. The standard InChI is InChI=1S/C18H11NO4.ClH/c1-9-2-14-17(23-7-20-14)5-12(9)18-13(1)11-4-16-15(21-8-22-16)3-10(11)6-19-18;/h2-6H,1,7-8H2;1H. The molecule has 3 aliphatic rings. The minimum Gasteiger partial charge on any atom is -0.454 e. The highest BCUT2D eigenvalue weighted by atomic mass is 35.5. The number of fused-ring (bicyclic) bond motifs is 7. The van der Waals surface area contributed by atoms with Crippen LogP contribution in [0.2, 0.25) is 0 Å². The van der Waals surface area contributed by atoms with Crippen molar-refractivity contribution in [3.8, 4) is 34.3 Å². The van der Waals surface area contributed by atoms with Gasteiger partial charge in [0.15, 0.2) is 23.0 Å². The van der Waals surface area contributed by atoms with Crippen molar-refractivity contribution in [2.24, 2.45) is 0 Å². The summed E-state index contributed by atoms with van der Waals surface area (Å²) in [7, 11) is 0. The molecule has 0 fully saturated rings. The molecule has 24 heavy (non-hydrogen) atoms. The molecule has 5 nitrogen and oxygen atoms in total. The van der Waals surface area contributed by atoms with Gasteiger partial charge in [-0.2, -0.15) is 0 Å². The van der Waals surface area contributed by atoms with Crippen LogP contribution < -0.4 is 18.9 Å². The predicted molar refractivity (Wildman–Crippen MR) is 89.5 cm³/mol. The van der Waals surface area contributed by atoms with E-state index in [-0.39, 0.29) is 19.2 Å². The average molecular weight is 342 g/mol. The number of halogens is 1. The van der Waals surface area contributed by atoms with E-state index in [1.165, 1.54) is 11.1 Å². The predicted octanol–water partition coefficient (Wildman–Crippen LogP) is 3.69. The number of pyridine rings is 1. The van der Waals surface area contributed by atoms with Crippen molar-refractivity contribution >= 4 is 23.2 Å². The lowest BCUT2D eigenvalue weighted by molar-refractivity contribution is 0.173. The van der Waals surface area contributed by atoms with Gasteiger partial charge >= 0.3 is 0 Å². The lowest BCUT2D eigenvalue weighted by Gasteiger charge is -2.06. The highest BCUT2D eigenvalue weighted by Gasteiger charge is 2.27. The topological polar surface area (TPSA) is 49.8 Å². The van der Waals surface area contributed by atoms with Gasteiger partial charge < -0.3 is 18.9 Å². The number of benzene rings is 2. The molecule has 0 amide bonds. The quantitative estimate of drug-likeness (QED) is 0.488. The summed E-state index contributed by atoms with van der Waals surface area (Å²) >= 11 is 0. The van der Waals surface area contributed by atoms with E-state index in [4.69, 9.17) is 18.9 Å². The average Bonchev–Trinajstić information content (AvgIpc) is 3.27. The summed E-state index contributed by atoms with van der Waals surface area (Å²) in [4.78, 5) is 4.69. The molecular formula is C18H12ClNO4. The maximum atomic E-state index is 5.53. The van der Waals surface area contributed by atoms with Crippen LogP contribution in [-0.2, 0) is 6.42 Å². The van der Waals surface area contributed by atoms with Crippen molar-refractivity contribution in [2.75, 3.05) is 13.6 Å². The molecule has 6 rings (SSSR count). The first-order valence-electron chi connectivity index (χ1n) is 7.51. The second-order valence-corrected chi connectivity index (χ2v) is 5.92. The molecule has 0 saturated carbocycles.